The van der Waals surface area contributed by atoms with Crippen molar-refractivity contribution in [3.05, 3.63) is 47.5 Å². The van der Waals surface area contributed by atoms with E-state index in [9.17, 15) is 8.42 Å². The largest absolute Gasteiger partial charge is 0.279 e. The maximum absolute atomic E-state index is 12.2. The maximum Gasteiger partial charge on any atom is 0.262 e. The summed E-state index contributed by atoms with van der Waals surface area (Å²) in [6.45, 7) is 3.91. The zero-order valence-electron chi connectivity index (χ0n) is 10.2. The van der Waals surface area contributed by atoms with Crippen LogP contribution in [-0.4, -0.2) is 8.42 Å². The third kappa shape index (κ3) is 1.46. The molecule has 0 spiro atoms. The van der Waals surface area contributed by atoms with Gasteiger partial charge < -0.3 is 0 Å². The fourth-order valence-electron chi connectivity index (χ4n) is 2.28. The minimum atomic E-state index is -3.44. The minimum Gasteiger partial charge on any atom is -0.279 e. The molecule has 0 amide bonds. The maximum atomic E-state index is 12.2. The molecule has 4 heteroatoms. The van der Waals surface area contributed by atoms with Crippen LogP contribution in [0.3, 0.4) is 0 Å². The predicted octanol–water partition coefficient (Wildman–Crippen LogP) is 3.08. The third-order valence-corrected chi connectivity index (χ3v) is 4.85. The van der Waals surface area contributed by atoms with E-state index in [0.717, 1.165) is 22.3 Å². The first-order valence-electron chi connectivity index (χ1n) is 5.73. The summed E-state index contributed by atoms with van der Waals surface area (Å²) in [5, 5.41) is 0. The number of hydrogen-bond acceptors (Lipinski definition) is 2. The molecule has 0 atom stereocenters. The van der Waals surface area contributed by atoms with Crippen LogP contribution >= 0.6 is 0 Å². The summed E-state index contributed by atoms with van der Waals surface area (Å²) in [7, 11) is -3.44. The monoisotopic (exact) mass is 259 g/mol. The van der Waals surface area contributed by atoms with Crippen molar-refractivity contribution in [2.24, 2.45) is 0 Å². The van der Waals surface area contributed by atoms with Gasteiger partial charge in [0.25, 0.3) is 10.0 Å². The zero-order valence-corrected chi connectivity index (χ0v) is 11.0. The Hall–Kier alpha value is -1.81. The Morgan fingerprint density at radius 1 is 0.944 bits per heavy atom. The van der Waals surface area contributed by atoms with Gasteiger partial charge in [0.15, 0.2) is 0 Å². The van der Waals surface area contributed by atoms with E-state index >= 15 is 0 Å². The van der Waals surface area contributed by atoms with E-state index in [-0.39, 0.29) is 0 Å². The lowest BCUT2D eigenvalue weighted by Gasteiger charge is -2.23. The first-order chi connectivity index (χ1) is 8.50. The summed E-state index contributed by atoms with van der Waals surface area (Å²) in [5.41, 5.74) is 4.48. The van der Waals surface area contributed by atoms with Crippen molar-refractivity contribution in [2.75, 3.05) is 4.72 Å². The Labute approximate surface area is 107 Å². The van der Waals surface area contributed by atoms with Crippen molar-refractivity contribution < 1.29 is 8.42 Å². The lowest BCUT2D eigenvalue weighted by Crippen LogP contribution is -2.19. The highest BCUT2D eigenvalue weighted by molar-refractivity contribution is 7.93. The van der Waals surface area contributed by atoms with E-state index in [4.69, 9.17) is 0 Å². The summed E-state index contributed by atoms with van der Waals surface area (Å²) in [4.78, 5) is 0.348. The van der Waals surface area contributed by atoms with E-state index in [0.29, 0.717) is 10.6 Å². The van der Waals surface area contributed by atoms with Crippen LogP contribution in [0.2, 0.25) is 0 Å². The van der Waals surface area contributed by atoms with Crippen LogP contribution in [0.25, 0.3) is 11.1 Å². The molecule has 3 nitrogen and oxygen atoms in total. The highest BCUT2D eigenvalue weighted by Gasteiger charge is 2.27. The zero-order chi connectivity index (χ0) is 12.9. The molecule has 1 N–H and O–H groups in total. The molecule has 0 fully saturated rings. The number of rotatable bonds is 0. The van der Waals surface area contributed by atoms with E-state index in [2.05, 4.69) is 4.72 Å². The molecule has 92 valence electrons. The lowest BCUT2D eigenvalue weighted by molar-refractivity contribution is 0.601. The fourth-order valence-corrected chi connectivity index (χ4v) is 3.65. The van der Waals surface area contributed by atoms with Crippen LogP contribution in [0.5, 0.6) is 0 Å². The lowest BCUT2D eigenvalue weighted by atomic mass is 9.97. The van der Waals surface area contributed by atoms with Gasteiger partial charge in [0.1, 0.15) is 0 Å². The second kappa shape index (κ2) is 3.59. The van der Waals surface area contributed by atoms with Crippen LogP contribution in [0.4, 0.5) is 5.69 Å². The number of sulfonamides is 1. The molecule has 1 aliphatic rings. The molecule has 3 rings (SSSR count). The Morgan fingerprint density at radius 2 is 1.67 bits per heavy atom. The van der Waals surface area contributed by atoms with E-state index in [1.165, 1.54) is 0 Å². The minimum absolute atomic E-state index is 0.348. The van der Waals surface area contributed by atoms with Crippen LogP contribution in [0, 0.1) is 13.8 Å². The van der Waals surface area contributed by atoms with Crippen molar-refractivity contribution in [3.8, 4) is 11.1 Å². The Kier molecular flexibility index (Phi) is 2.25. The number of anilines is 1. The van der Waals surface area contributed by atoms with Gasteiger partial charge in [0.05, 0.1) is 10.6 Å². The van der Waals surface area contributed by atoms with Crippen molar-refractivity contribution >= 4 is 15.7 Å². The fraction of sp³-hybridized carbons (Fsp3) is 0.143. The highest BCUT2D eigenvalue weighted by Crippen LogP contribution is 2.41. The van der Waals surface area contributed by atoms with Crippen molar-refractivity contribution in [1.29, 1.82) is 0 Å². The van der Waals surface area contributed by atoms with Crippen LogP contribution in [0.1, 0.15) is 11.1 Å². The summed E-state index contributed by atoms with van der Waals surface area (Å²) >= 11 is 0. The number of hydrogen-bond donors (Lipinski definition) is 1. The summed E-state index contributed by atoms with van der Waals surface area (Å²) in [6.07, 6.45) is 0. The molecule has 0 unspecified atom stereocenters. The molecule has 18 heavy (non-hydrogen) atoms. The number of nitrogens with one attached hydrogen (secondary N) is 1. The molecule has 0 saturated heterocycles. The molecule has 1 heterocycles. The first-order valence-corrected chi connectivity index (χ1v) is 7.21. The molecular weight excluding hydrogens is 246 g/mol. The van der Waals surface area contributed by atoms with Crippen LogP contribution < -0.4 is 4.72 Å². The Balaban J connectivity index is 2.43. The molecular formula is C14H13NO2S. The van der Waals surface area contributed by atoms with Crippen molar-refractivity contribution in [2.45, 2.75) is 18.7 Å². The van der Waals surface area contributed by atoms with Crippen molar-refractivity contribution in [3.63, 3.8) is 0 Å². The molecule has 1 aliphatic heterocycles. The van der Waals surface area contributed by atoms with Gasteiger partial charge in [-0.25, -0.2) is 8.42 Å². The van der Waals surface area contributed by atoms with Gasteiger partial charge in [0.2, 0.25) is 0 Å². The van der Waals surface area contributed by atoms with Crippen LogP contribution in [0.15, 0.2) is 41.3 Å². The van der Waals surface area contributed by atoms with Gasteiger partial charge in [-0.2, -0.15) is 0 Å². The van der Waals surface area contributed by atoms with Gasteiger partial charge in [-0.1, -0.05) is 30.3 Å². The van der Waals surface area contributed by atoms with E-state index < -0.39 is 10.0 Å². The second-order valence-corrected chi connectivity index (χ2v) is 6.18. The SMILES string of the molecule is Cc1ccc2c(c1C)NS(=O)(=O)c1ccccc1-2. The predicted molar refractivity (Wildman–Crippen MR) is 72.2 cm³/mol. The van der Waals surface area contributed by atoms with Crippen molar-refractivity contribution in [1.82, 2.24) is 0 Å². The van der Waals surface area contributed by atoms with Gasteiger partial charge >= 0.3 is 0 Å². The quantitative estimate of drug-likeness (QED) is 0.790. The Bertz CT molecular complexity index is 748. The third-order valence-electron chi connectivity index (χ3n) is 3.44. The standard InChI is InChI=1S/C14H13NO2S/c1-9-7-8-12-11-5-3-4-6-13(11)18(16,17)15-14(12)10(9)2/h3-8,15H,1-2H3. The molecule has 0 radical (unpaired) electrons. The topological polar surface area (TPSA) is 46.2 Å². The molecule has 0 aromatic heterocycles. The molecule has 0 saturated carbocycles. The molecule has 2 aromatic rings. The van der Waals surface area contributed by atoms with Crippen LogP contribution in [-0.2, 0) is 10.0 Å². The second-order valence-electron chi connectivity index (χ2n) is 4.53. The molecule has 0 aliphatic carbocycles. The first kappa shape index (κ1) is 11.3. The molecule has 2 aromatic carbocycles. The average Bonchev–Trinajstić information content (AvgIpc) is 2.35. The Morgan fingerprint density at radius 3 is 2.44 bits per heavy atom. The van der Waals surface area contributed by atoms with Gasteiger partial charge in [-0.15, -0.1) is 0 Å². The number of fused-ring (bicyclic) bond motifs is 3. The van der Waals surface area contributed by atoms with E-state index in [1.807, 2.05) is 38.1 Å². The molecule has 0 bridgehead atoms. The van der Waals surface area contributed by atoms with Gasteiger partial charge in [-0.3, -0.25) is 4.72 Å². The highest BCUT2D eigenvalue weighted by atomic mass is 32.2. The summed E-state index contributed by atoms with van der Waals surface area (Å²) in [5.74, 6) is 0. The van der Waals surface area contributed by atoms with Gasteiger partial charge in [0, 0.05) is 11.1 Å². The smallest absolute Gasteiger partial charge is 0.262 e. The average molecular weight is 259 g/mol. The number of aryl methyl sites for hydroxylation is 1. The summed E-state index contributed by atoms with van der Waals surface area (Å²) < 4.78 is 27.1. The summed E-state index contributed by atoms with van der Waals surface area (Å²) in [6, 6.07) is 11.1. The van der Waals surface area contributed by atoms with Gasteiger partial charge in [-0.05, 0) is 31.0 Å². The van der Waals surface area contributed by atoms with E-state index in [1.54, 1.807) is 12.1 Å². The number of benzene rings is 2. The normalized spacial score (nSPS) is 15.4.